The highest BCUT2D eigenvalue weighted by atomic mass is 79.9. The molecule has 0 aromatic rings. The predicted octanol–water partition coefficient (Wildman–Crippen LogP) is 5.46. The van der Waals surface area contributed by atoms with Crippen LogP contribution < -0.4 is 0 Å². The van der Waals surface area contributed by atoms with Crippen molar-refractivity contribution < 1.29 is 4.74 Å². The molecule has 0 N–H and O–H groups in total. The number of hydrogen-bond acceptors (Lipinski definition) is 1. The van der Waals surface area contributed by atoms with E-state index in [1.807, 2.05) is 0 Å². The quantitative estimate of drug-likeness (QED) is 0.625. The van der Waals surface area contributed by atoms with Crippen LogP contribution in [0.25, 0.3) is 0 Å². The molecule has 0 aliphatic heterocycles. The topological polar surface area (TPSA) is 9.23 Å². The Kier molecular flexibility index (Phi) is 4.58. The molecule has 19 heavy (non-hydrogen) atoms. The molecule has 0 bridgehead atoms. The van der Waals surface area contributed by atoms with Crippen LogP contribution in [-0.4, -0.2) is 17.0 Å². The number of alkyl halides is 1. The normalized spacial score (nSPS) is 42.0. The van der Waals surface area contributed by atoms with Gasteiger partial charge in [0.25, 0.3) is 0 Å². The van der Waals surface area contributed by atoms with Gasteiger partial charge in [-0.15, -0.1) is 0 Å². The molecule has 0 aromatic heterocycles. The van der Waals surface area contributed by atoms with Gasteiger partial charge in [0.05, 0.1) is 12.2 Å². The largest absolute Gasteiger partial charge is 0.374 e. The zero-order valence-electron chi connectivity index (χ0n) is 12.4. The van der Waals surface area contributed by atoms with Gasteiger partial charge in [-0.3, -0.25) is 0 Å². The fourth-order valence-corrected chi connectivity index (χ4v) is 5.86. The van der Waals surface area contributed by atoms with Gasteiger partial charge >= 0.3 is 0 Å². The van der Waals surface area contributed by atoms with Crippen LogP contribution in [-0.2, 0) is 4.74 Å². The van der Waals surface area contributed by atoms with E-state index in [0.717, 1.165) is 10.7 Å². The fraction of sp³-hybridized carbons (Fsp3) is 1.00. The van der Waals surface area contributed by atoms with Crippen LogP contribution in [0.2, 0.25) is 0 Å². The van der Waals surface area contributed by atoms with Crippen molar-refractivity contribution in [3.63, 3.8) is 0 Å². The minimum atomic E-state index is 0.508. The van der Waals surface area contributed by atoms with Crippen LogP contribution in [0.3, 0.4) is 0 Å². The van der Waals surface area contributed by atoms with E-state index in [0.29, 0.717) is 17.6 Å². The molecule has 110 valence electrons. The molecule has 0 saturated heterocycles. The lowest BCUT2D eigenvalue weighted by Gasteiger charge is -2.57. The van der Waals surface area contributed by atoms with Gasteiger partial charge in [0.1, 0.15) is 0 Å². The molecule has 1 nitrogen and oxygen atoms in total. The molecule has 3 saturated carbocycles. The number of ether oxygens (including phenoxy) is 1. The summed E-state index contributed by atoms with van der Waals surface area (Å²) in [7, 11) is 0. The maximum Gasteiger partial charge on any atom is 0.0656 e. The van der Waals surface area contributed by atoms with Gasteiger partial charge in [-0.2, -0.15) is 0 Å². The summed E-state index contributed by atoms with van der Waals surface area (Å²) in [6.45, 7) is 2.34. The van der Waals surface area contributed by atoms with Crippen molar-refractivity contribution in [1.29, 1.82) is 0 Å². The van der Waals surface area contributed by atoms with Crippen molar-refractivity contribution in [1.82, 2.24) is 0 Å². The van der Waals surface area contributed by atoms with E-state index < -0.39 is 0 Å². The van der Waals surface area contributed by atoms with Gasteiger partial charge in [-0.25, -0.2) is 0 Å². The first-order valence-corrected chi connectivity index (χ1v) is 9.47. The highest BCUT2D eigenvalue weighted by molar-refractivity contribution is 9.09. The Morgan fingerprint density at radius 3 is 2.47 bits per heavy atom. The summed E-state index contributed by atoms with van der Waals surface area (Å²) in [4.78, 5) is 0.731. The SMILES string of the molecule is CCC1CCCCC1OC1CC(Br)C12CCCCC2. The lowest BCUT2D eigenvalue weighted by Crippen LogP contribution is -2.58. The number of hydrogen-bond donors (Lipinski definition) is 0. The highest BCUT2D eigenvalue weighted by Crippen LogP contribution is 2.57. The van der Waals surface area contributed by atoms with E-state index in [4.69, 9.17) is 4.74 Å². The van der Waals surface area contributed by atoms with Crippen LogP contribution in [0.15, 0.2) is 0 Å². The molecule has 0 aromatic carbocycles. The Bertz CT molecular complexity index is 298. The third-order valence-corrected chi connectivity index (χ3v) is 7.46. The first-order chi connectivity index (χ1) is 9.26. The molecular weight excluding hydrogens is 300 g/mol. The fourth-order valence-electron chi connectivity index (χ4n) is 4.77. The molecule has 4 atom stereocenters. The second kappa shape index (κ2) is 6.05. The van der Waals surface area contributed by atoms with E-state index >= 15 is 0 Å². The third kappa shape index (κ3) is 2.64. The molecule has 2 heteroatoms. The van der Waals surface area contributed by atoms with Gasteiger partial charge in [0.15, 0.2) is 0 Å². The molecule has 4 unspecified atom stereocenters. The summed E-state index contributed by atoms with van der Waals surface area (Å²) in [6, 6.07) is 0. The second-order valence-corrected chi connectivity index (χ2v) is 8.22. The smallest absolute Gasteiger partial charge is 0.0656 e. The average Bonchev–Trinajstić information content (AvgIpc) is 2.48. The van der Waals surface area contributed by atoms with E-state index in [-0.39, 0.29) is 0 Å². The zero-order valence-corrected chi connectivity index (χ0v) is 14.0. The maximum absolute atomic E-state index is 6.66. The molecule has 3 fully saturated rings. The first-order valence-electron chi connectivity index (χ1n) is 8.56. The average molecular weight is 329 g/mol. The van der Waals surface area contributed by atoms with Crippen molar-refractivity contribution in [2.45, 2.75) is 94.6 Å². The second-order valence-electron chi connectivity index (χ2n) is 7.11. The Balaban J connectivity index is 1.62. The summed E-state index contributed by atoms with van der Waals surface area (Å²) in [6.07, 6.45) is 16.3. The van der Waals surface area contributed by atoms with Crippen molar-refractivity contribution in [3.05, 3.63) is 0 Å². The standard InChI is InChI=1S/C17H29BrO/c1-2-13-8-4-5-9-14(13)19-16-12-15(18)17(16)10-6-3-7-11-17/h13-16H,2-12H2,1H3. The van der Waals surface area contributed by atoms with Gasteiger partial charge < -0.3 is 4.74 Å². The molecule has 0 heterocycles. The van der Waals surface area contributed by atoms with Crippen LogP contribution in [0.5, 0.6) is 0 Å². The van der Waals surface area contributed by atoms with Gasteiger partial charge in [-0.1, -0.05) is 61.4 Å². The molecular formula is C17H29BrO. The number of halogens is 1. The molecule has 3 aliphatic carbocycles. The number of rotatable bonds is 3. The molecule has 0 radical (unpaired) electrons. The minimum absolute atomic E-state index is 0.508. The van der Waals surface area contributed by atoms with Crippen molar-refractivity contribution in [2.75, 3.05) is 0 Å². The molecule has 3 aliphatic rings. The Hall–Kier alpha value is 0.440. The predicted molar refractivity (Wildman–Crippen MR) is 83.8 cm³/mol. The van der Waals surface area contributed by atoms with Gasteiger partial charge in [0, 0.05) is 10.2 Å². The van der Waals surface area contributed by atoms with Crippen molar-refractivity contribution >= 4 is 15.9 Å². The maximum atomic E-state index is 6.66. The van der Waals surface area contributed by atoms with Gasteiger partial charge in [0.2, 0.25) is 0 Å². The first kappa shape index (κ1) is 14.4. The van der Waals surface area contributed by atoms with E-state index in [9.17, 15) is 0 Å². The zero-order chi connectivity index (χ0) is 13.3. The Morgan fingerprint density at radius 2 is 1.79 bits per heavy atom. The highest BCUT2D eigenvalue weighted by Gasteiger charge is 2.55. The van der Waals surface area contributed by atoms with Crippen molar-refractivity contribution in [2.24, 2.45) is 11.3 Å². The molecule has 3 rings (SSSR count). The van der Waals surface area contributed by atoms with E-state index in [1.165, 1.54) is 70.6 Å². The molecule has 1 spiro atoms. The summed E-state index contributed by atoms with van der Waals surface area (Å²) in [5.41, 5.74) is 0.508. The lowest BCUT2D eigenvalue weighted by atomic mass is 9.58. The minimum Gasteiger partial charge on any atom is -0.374 e. The summed E-state index contributed by atoms with van der Waals surface area (Å²) in [5, 5.41) is 0. The van der Waals surface area contributed by atoms with Crippen LogP contribution in [0.1, 0.15) is 77.6 Å². The van der Waals surface area contributed by atoms with E-state index in [1.54, 1.807) is 0 Å². The summed E-state index contributed by atoms with van der Waals surface area (Å²) < 4.78 is 6.66. The lowest BCUT2D eigenvalue weighted by molar-refractivity contribution is -0.169. The van der Waals surface area contributed by atoms with Crippen molar-refractivity contribution in [3.8, 4) is 0 Å². The third-order valence-electron chi connectivity index (χ3n) is 6.17. The Morgan fingerprint density at radius 1 is 1.05 bits per heavy atom. The van der Waals surface area contributed by atoms with Crippen LogP contribution in [0.4, 0.5) is 0 Å². The van der Waals surface area contributed by atoms with Crippen LogP contribution in [0, 0.1) is 11.3 Å². The molecule has 0 amide bonds. The monoisotopic (exact) mass is 328 g/mol. The summed E-state index contributed by atoms with van der Waals surface area (Å²) in [5.74, 6) is 0.837. The Labute approximate surface area is 127 Å². The summed E-state index contributed by atoms with van der Waals surface area (Å²) >= 11 is 3.94. The van der Waals surface area contributed by atoms with Crippen LogP contribution >= 0.6 is 15.9 Å². The van der Waals surface area contributed by atoms with Gasteiger partial charge in [-0.05, 0) is 38.0 Å². The van der Waals surface area contributed by atoms with E-state index in [2.05, 4.69) is 22.9 Å².